The van der Waals surface area contributed by atoms with Crippen LogP contribution < -0.4 is 11.3 Å². The molecule has 0 fully saturated rings. The second-order valence-corrected chi connectivity index (χ2v) is 2.47. The number of aromatic nitrogens is 1. The highest BCUT2D eigenvalue weighted by Gasteiger charge is 2.07. The lowest BCUT2D eigenvalue weighted by molar-refractivity contribution is 0.471. The average Bonchev–Trinajstić information content (AvgIpc) is 1.97. The van der Waals surface area contributed by atoms with E-state index >= 15 is 0 Å². The van der Waals surface area contributed by atoms with E-state index in [-0.39, 0.29) is 11.4 Å². The quantitative estimate of drug-likeness (QED) is 0.502. The highest BCUT2D eigenvalue weighted by atomic mass is 16.3. The van der Waals surface area contributed by atoms with E-state index in [1.165, 1.54) is 0 Å². The molecule has 4 N–H and O–H groups in total. The molecule has 1 aromatic heterocycles. The van der Waals surface area contributed by atoms with Crippen LogP contribution in [0.4, 0.5) is 5.69 Å². The van der Waals surface area contributed by atoms with E-state index in [2.05, 4.69) is 4.98 Å². The summed E-state index contributed by atoms with van der Waals surface area (Å²) in [5, 5.41) is 9.22. The zero-order chi connectivity index (χ0) is 8.59. The number of nitrogens with two attached hydrogens (primary N) is 1. The Morgan fingerprint density at radius 3 is 2.55 bits per heavy atom. The number of aryl methyl sites for hydroxylation is 1. The van der Waals surface area contributed by atoms with Crippen LogP contribution in [-0.2, 0) is 0 Å². The third kappa shape index (κ3) is 1.07. The van der Waals surface area contributed by atoms with Gasteiger partial charge in [-0.05, 0) is 13.8 Å². The number of aromatic amines is 1. The molecule has 0 radical (unpaired) electrons. The number of hydrogen-bond acceptors (Lipinski definition) is 3. The summed E-state index contributed by atoms with van der Waals surface area (Å²) in [6.07, 6.45) is 0. The maximum atomic E-state index is 10.9. The van der Waals surface area contributed by atoms with Gasteiger partial charge in [0.25, 0.3) is 5.56 Å². The van der Waals surface area contributed by atoms with Gasteiger partial charge in [0, 0.05) is 11.3 Å². The number of anilines is 1. The van der Waals surface area contributed by atoms with Crippen molar-refractivity contribution in [2.75, 3.05) is 5.73 Å². The van der Waals surface area contributed by atoms with Crippen LogP contribution in [0.15, 0.2) is 4.79 Å². The highest BCUT2D eigenvalue weighted by molar-refractivity contribution is 5.54. The summed E-state index contributed by atoms with van der Waals surface area (Å²) in [4.78, 5) is 13.4. The van der Waals surface area contributed by atoms with Gasteiger partial charge in [0.1, 0.15) is 11.4 Å². The van der Waals surface area contributed by atoms with Gasteiger partial charge in [0.15, 0.2) is 0 Å². The van der Waals surface area contributed by atoms with Crippen LogP contribution in [0.1, 0.15) is 11.3 Å². The van der Waals surface area contributed by atoms with Crippen LogP contribution in [0.3, 0.4) is 0 Å². The van der Waals surface area contributed by atoms with Crippen molar-refractivity contribution in [3.63, 3.8) is 0 Å². The normalized spacial score (nSPS) is 10.0. The molecule has 0 aliphatic rings. The number of H-pyrrole nitrogens is 1. The largest absolute Gasteiger partial charge is 0.505 e. The standard InChI is InChI=1S/C7H10N2O2/c1-3-4(2)9-7(11)5(8)6(3)10/h8H2,1-2H3,(H2,9,10,11). The Bertz CT molecular complexity index is 341. The van der Waals surface area contributed by atoms with Gasteiger partial charge in [-0.1, -0.05) is 0 Å². The van der Waals surface area contributed by atoms with Crippen LogP contribution in [0, 0.1) is 13.8 Å². The summed E-state index contributed by atoms with van der Waals surface area (Å²) in [5.41, 5.74) is 5.95. The molecule has 4 nitrogen and oxygen atoms in total. The van der Waals surface area contributed by atoms with Gasteiger partial charge in [0.05, 0.1) is 0 Å². The molecule has 1 heterocycles. The minimum Gasteiger partial charge on any atom is -0.505 e. The summed E-state index contributed by atoms with van der Waals surface area (Å²) < 4.78 is 0. The van der Waals surface area contributed by atoms with Gasteiger partial charge >= 0.3 is 0 Å². The lowest BCUT2D eigenvalue weighted by Gasteiger charge is -2.03. The molecule has 1 rings (SSSR count). The first-order chi connectivity index (χ1) is 5.04. The molecular formula is C7H10N2O2. The molecule has 0 bridgehead atoms. The Morgan fingerprint density at radius 1 is 1.45 bits per heavy atom. The number of nitrogens with one attached hydrogen (secondary N) is 1. The van der Waals surface area contributed by atoms with Gasteiger partial charge in [-0.3, -0.25) is 4.79 Å². The summed E-state index contributed by atoms with van der Waals surface area (Å²) in [5.74, 6) is -0.119. The third-order valence-electron chi connectivity index (χ3n) is 1.72. The number of hydrogen-bond donors (Lipinski definition) is 3. The second-order valence-electron chi connectivity index (χ2n) is 2.47. The van der Waals surface area contributed by atoms with E-state index in [1.54, 1.807) is 13.8 Å². The van der Waals surface area contributed by atoms with Crippen LogP contribution in [-0.4, -0.2) is 10.1 Å². The summed E-state index contributed by atoms with van der Waals surface area (Å²) >= 11 is 0. The summed E-state index contributed by atoms with van der Waals surface area (Å²) in [6, 6.07) is 0. The Hall–Kier alpha value is -1.45. The van der Waals surface area contributed by atoms with Gasteiger partial charge in [0.2, 0.25) is 0 Å². The van der Waals surface area contributed by atoms with Gasteiger partial charge in [-0.15, -0.1) is 0 Å². The molecule has 0 aromatic carbocycles. The molecule has 1 aromatic rings. The zero-order valence-corrected chi connectivity index (χ0v) is 6.43. The van der Waals surface area contributed by atoms with Crippen molar-refractivity contribution >= 4 is 5.69 Å². The van der Waals surface area contributed by atoms with Crippen molar-refractivity contribution in [2.24, 2.45) is 0 Å². The molecule has 0 atom stereocenters. The van der Waals surface area contributed by atoms with Crippen molar-refractivity contribution in [1.29, 1.82) is 0 Å². The van der Waals surface area contributed by atoms with E-state index < -0.39 is 5.56 Å². The third-order valence-corrected chi connectivity index (χ3v) is 1.72. The van der Waals surface area contributed by atoms with E-state index in [9.17, 15) is 9.90 Å². The predicted octanol–water partition coefficient (Wildman–Crippen LogP) is 0.280. The minimum atomic E-state index is -0.439. The summed E-state index contributed by atoms with van der Waals surface area (Å²) in [7, 11) is 0. The van der Waals surface area contributed by atoms with E-state index in [0.29, 0.717) is 11.3 Å². The maximum Gasteiger partial charge on any atom is 0.275 e. The number of pyridine rings is 1. The molecule has 0 aliphatic carbocycles. The molecule has 11 heavy (non-hydrogen) atoms. The molecule has 60 valence electrons. The Balaban J connectivity index is 3.59. The Labute approximate surface area is 63.7 Å². The van der Waals surface area contributed by atoms with Crippen molar-refractivity contribution in [2.45, 2.75) is 13.8 Å². The maximum absolute atomic E-state index is 10.9. The fraction of sp³-hybridized carbons (Fsp3) is 0.286. The first kappa shape index (κ1) is 7.65. The monoisotopic (exact) mass is 154 g/mol. The molecule has 0 spiro atoms. The van der Waals surface area contributed by atoms with Crippen LogP contribution in [0.2, 0.25) is 0 Å². The van der Waals surface area contributed by atoms with Crippen LogP contribution in [0.5, 0.6) is 5.75 Å². The number of rotatable bonds is 0. The minimum absolute atomic E-state index is 0.117. The molecular weight excluding hydrogens is 144 g/mol. The van der Waals surface area contributed by atoms with E-state index in [1.807, 2.05) is 0 Å². The SMILES string of the molecule is Cc1[nH]c(=O)c(N)c(O)c1C. The number of nitrogen functional groups attached to an aromatic ring is 1. The fourth-order valence-corrected chi connectivity index (χ4v) is 0.819. The smallest absolute Gasteiger partial charge is 0.275 e. The molecule has 0 amide bonds. The number of aromatic hydroxyl groups is 1. The van der Waals surface area contributed by atoms with E-state index in [4.69, 9.17) is 5.73 Å². The van der Waals surface area contributed by atoms with Gasteiger partial charge in [-0.25, -0.2) is 0 Å². The van der Waals surface area contributed by atoms with Crippen molar-refractivity contribution < 1.29 is 5.11 Å². The fourth-order valence-electron chi connectivity index (χ4n) is 0.819. The first-order valence-corrected chi connectivity index (χ1v) is 3.22. The second kappa shape index (κ2) is 2.30. The highest BCUT2D eigenvalue weighted by Crippen LogP contribution is 2.21. The van der Waals surface area contributed by atoms with Crippen molar-refractivity contribution in [1.82, 2.24) is 4.98 Å². The van der Waals surface area contributed by atoms with Crippen molar-refractivity contribution in [3.8, 4) is 5.75 Å². The predicted molar refractivity (Wildman–Crippen MR) is 42.6 cm³/mol. The summed E-state index contributed by atoms with van der Waals surface area (Å²) in [6.45, 7) is 3.40. The molecule has 0 saturated heterocycles. The lowest BCUT2D eigenvalue weighted by Crippen LogP contribution is -2.13. The Morgan fingerprint density at radius 2 is 2.00 bits per heavy atom. The van der Waals surface area contributed by atoms with Crippen LogP contribution >= 0.6 is 0 Å². The first-order valence-electron chi connectivity index (χ1n) is 3.22. The van der Waals surface area contributed by atoms with Crippen molar-refractivity contribution in [3.05, 3.63) is 21.6 Å². The van der Waals surface area contributed by atoms with Gasteiger partial charge in [-0.2, -0.15) is 0 Å². The zero-order valence-electron chi connectivity index (χ0n) is 6.43. The molecule has 0 unspecified atom stereocenters. The lowest BCUT2D eigenvalue weighted by atomic mass is 10.2. The Kier molecular flexibility index (Phi) is 1.60. The van der Waals surface area contributed by atoms with Gasteiger partial charge < -0.3 is 15.8 Å². The molecule has 0 saturated carbocycles. The average molecular weight is 154 g/mol. The van der Waals surface area contributed by atoms with Crippen LogP contribution in [0.25, 0.3) is 0 Å². The molecule has 0 aliphatic heterocycles. The topological polar surface area (TPSA) is 79.1 Å². The molecule has 4 heteroatoms. The van der Waals surface area contributed by atoms with E-state index in [0.717, 1.165) is 0 Å².